The first-order valence-corrected chi connectivity index (χ1v) is 8.21. The number of nitrogens with zero attached hydrogens (tertiary/aromatic N) is 2. The summed E-state index contributed by atoms with van der Waals surface area (Å²) >= 11 is 0. The molecule has 1 heterocycles. The van der Waals surface area contributed by atoms with Crippen LogP contribution in [0.15, 0.2) is 0 Å². The number of rotatable bonds is 8. The van der Waals surface area contributed by atoms with Gasteiger partial charge in [-0.25, -0.2) is 0 Å². The fraction of sp³-hybridized carbons (Fsp3) is 0.938. The molecule has 0 spiro atoms. The third-order valence-electron chi connectivity index (χ3n) is 4.47. The highest BCUT2D eigenvalue weighted by Gasteiger charge is 2.17. The van der Waals surface area contributed by atoms with E-state index in [9.17, 15) is 4.79 Å². The molecule has 0 saturated carbocycles. The van der Waals surface area contributed by atoms with Crippen molar-refractivity contribution in [3.05, 3.63) is 0 Å². The fourth-order valence-electron chi connectivity index (χ4n) is 2.85. The molecule has 0 aromatic rings. The predicted molar refractivity (Wildman–Crippen MR) is 81.2 cm³/mol. The Morgan fingerprint density at radius 3 is 2.26 bits per heavy atom. The Hall–Kier alpha value is -0.570. The third kappa shape index (κ3) is 5.94. The van der Waals surface area contributed by atoms with Gasteiger partial charge >= 0.3 is 0 Å². The molecule has 19 heavy (non-hydrogen) atoms. The maximum atomic E-state index is 12.1. The van der Waals surface area contributed by atoms with E-state index in [1.54, 1.807) is 0 Å². The minimum atomic E-state index is 0.364. The van der Waals surface area contributed by atoms with Crippen LogP contribution in [0, 0.1) is 5.92 Å². The molecule has 0 aromatic carbocycles. The highest BCUT2D eigenvalue weighted by Crippen LogP contribution is 2.12. The molecule has 1 fully saturated rings. The van der Waals surface area contributed by atoms with E-state index in [4.69, 9.17) is 0 Å². The molecule has 112 valence electrons. The summed E-state index contributed by atoms with van der Waals surface area (Å²) in [4.78, 5) is 16.7. The fourth-order valence-corrected chi connectivity index (χ4v) is 2.85. The number of likely N-dealkylation sites (tertiary alicyclic amines) is 1. The zero-order valence-corrected chi connectivity index (χ0v) is 13.2. The molecule has 3 nitrogen and oxygen atoms in total. The minimum absolute atomic E-state index is 0.364. The molecule has 1 aliphatic heterocycles. The summed E-state index contributed by atoms with van der Waals surface area (Å²) in [5, 5.41) is 0. The second kappa shape index (κ2) is 9.35. The highest BCUT2D eigenvalue weighted by molar-refractivity contribution is 5.76. The molecule has 0 radical (unpaired) electrons. The largest absolute Gasteiger partial charge is 0.343 e. The van der Waals surface area contributed by atoms with Crippen LogP contribution in [-0.2, 0) is 4.79 Å². The molecule has 0 unspecified atom stereocenters. The van der Waals surface area contributed by atoms with Crippen molar-refractivity contribution < 1.29 is 4.79 Å². The Morgan fingerprint density at radius 2 is 1.74 bits per heavy atom. The van der Waals surface area contributed by atoms with Gasteiger partial charge in [0, 0.05) is 32.6 Å². The average Bonchev–Trinajstić information content (AvgIpc) is 2.48. The topological polar surface area (TPSA) is 23.6 Å². The van der Waals surface area contributed by atoms with Crippen LogP contribution >= 0.6 is 0 Å². The van der Waals surface area contributed by atoms with Gasteiger partial charge in [-0.15, -0.1) is 0 Å². The van der Waals surface area contributed by atoms with Gasteiger partial charge in [0.15, 0.2) is 0 Å². The molecule has 0 aromatic heterocycles. The lowest BCUT2D eigenvalue weighted by atomic mass is 10.0. The maximum Gasteiger partial charge on any atom is 0.223 e. The SMILES string of the molecule is CCC(CC)CN(CC)CCC(=O)N1CCCCC1. The lowest BCUT2D eigenvalue weighted by Crippen LogP contribution is -2.38. The lowest BCUT2D eigenvalue weighted by Gasteiger charge is -2.29. The van der Waals surface area contributed by atoms with Gasteiger partial charge in [-0.3, -0.25) is 4.79 Å². The van der Waals surface area contributed by atoms with E-state index >= 15 is 0 Å². The first kappa shape index (κ1) is 16.5. The van der Waals surface area contributed by atoms with Gasteiger partial charge < -0.3 is 9.80 Å². The summed E-state index contributed by atoms with van der Waals surface area (Å²) in [6, 6.07) is 0. The zero-order chi connectivity index (χ0) is 14.1. The van der Waals surface area contributed by atoms with Gasteiger partial charge in [-0.05, 0) is 31.7 Å². The molecule has 1 aliphatic rings. The van der Waals surface area contributed by atoms with Crippen molar-refractivity contribution >= 4 is 5.91 Å². The molecule has 0 bridgehead atoms. The maximum absolute atomic E-state index is 12.1. The van der Waals surface area contributed by atoms with Gasteiger partial charge in [0.2, 0.25) is 5.91 Å². The van der Waals surface area contributed by atoms with Crippen LogP contribution in [0.2, 0.25) is 0 Å². The van der Waals surface area contributed by atoms with Crippen LogP contribution in [-0.4, -0.2) is 48.4 Å². The van der Waals surface area contributed by atoms with Crippen molar-refractivity contribution in [1.29, 1.82) is 0 Å². The lowest BCUT2D eigenvalue weighted by molar-refractivity contribution is -0.132. The smallest absolute Gasteiger partial charge is 0.223 e. The molecule has 1 rings (SSSR count). The molecule has 1 amide bonds. The minimum Gasteiger partial charge on any atom is -0.343 e. The van der Waals surface area contributed by atoms with Gasteiger partial charge in [0.05, 0.1) is 0 Å². The van der Waals surface area contributed by atoms with E-state index in [2.05, 4.69) is 30.6 Å². The summed E-state index contributed by atoms with van der Waals surface area (Å²) in [5.41, 5.74) is 0. The van der Waals surface area contributed by atoms with Gasteiger partial charge in [-0.1, -0.05) is 33.6 Å². The molecular weight excluding hydrogens is 236 g/mol. The standard InChI is InChI=1S/C16H32N2O/c1-4-15(5-2)14-17(6-3)13-10-16(19)18-11-8-7-9-12-18/h15H,4-14H2,1-3H3. The molecule has 3 heteroatoms. The quantitative estimate of drug-likeness (QED) is 0.675. The van der Waals surface area contributed by atoms with Crippen molar-refractivity contribution in [2.24, 2.45) is 5.92 Å². The van der Waals surface area contributed by atoms with Crippen LogP contribution in [0.25, 0.3) is 0 Å². The summed E-state index contributed by atoms with van der Waals surface area (Å²) in [7, 11) is 0. The zero-order valence-electron chi connectivity index (χ0n) is 13.2. The van der Waals surface area contributed by atoms with Crippen molar-refractivity contribution in [3.8, 4) is 0 Å². The van der Waals surface area contributed by atoms with Gasteiger partial charge in [-0.2, -0.15) is 0 Å². The first-order valence-electron chi connectivity index (χ1n) is 8.21. The molecular formula is C16H32N2O. The van der Waals surface area contributed by atoms with E-state index in [0.717, 1.165) is 38.6 Å². The number of hydrogen-bond donors (Lipinski definition) is 0. The Labute approximate surface area is 119 Å². The number of carbonyl (C=O) groups is 1. The van der Waals surface area contributed by atoms with Crippen molar-refractivity contribution in [2.75, 3.05) is 32.7 Å². The van der Waals surface area contributed by atoms with Crippen LogP contribution in [0.3, 0.4) is 0 Å². The van der Waals surface area contributed by atoms with Crippen LogP contribution in [0.5, 0.6) is 0 Å². The average molecular weight is 268 g/mol. The Morgan fingerprint density at radius 1 is 1.11 bits per heavy atom. The Balaban J connectivity index is 2.29. The van der Waals surface area contributed by atoms with Crippen molar-refractivity contribution in [2.45, 2.75) is 59.3 Å². The summed E-state index contributed by atoms with van der Waals surface area (Å²) < 4.78 is 0. The Bertz CT molecular complexity index is 245. The summed E-state index contributed by atoms with van der Waals surface area (Å²) in [5.74, 6) is 1.15. The summed E-state index contributed by atoms with van der Waals surface area (Å²) in [6.45, 7) is 11.8. The van der Waals surface area contributed by atoms with E-state index in [1.165, 1.54) is 32.1 Å². The summed E-state index contributed by atoms with van der Waals surface area (Å²) in [6.07, 6.45) is 6.86. The van der Waals surface area contributed by atoms with Crippen molar-refractivity contribution in [1.82, 2.24) is 9.80 Å². The number of carbonyl (C=O) groups excluding carboxylic acids is 1. The van der Waals surface area contributed by atoms with Crippen LogP contribution in [0.4, 0.5) is 0 Å². The molecule has 0 N–H and O–H groups in total. The second-order valence-corrected chi connectivity index (χ2v) is 5.77. The van der Waals surface area contributed by atoms with Crippen molar-refractivity contribution in [3.63, 3.8) is 0 Å². The third-order valence-corrected chi connectivity index (χ3v) is 4.47. The number of amides is 1. The van der Waals surface area contributed by atoms with Gasteiger partial charge in [0.1, 0.15) is 0 Å². The van der Waals surface area contributed by atoms with Gasteiger partial charge in [0.25, 0.3) is 0 Å². The van der Waals surface area contributed by atoms with E-state index in [1.807, 2.05) is 0 Å². The normalized spacial score (nSPS) is 16.4. The number of piperidine rings is 1. The molecule has 0 aliphatic carbocycles. The van der Waals surface area contributed by atoms with E-state index < -0.39 is 0 Å². The molecule has 0 atom stereocenters. The van der Waals surface area contributed by atoms with Crippen LogP contribution < -0.4 is 0 Å². The second-order valence-electron chi connectivity index (χ2n) is 5.77. The monoisotopic (exact) mass is 268 g/mol. The predicted octanol–water partition coefficient (Wildman–Crippen LogP) is 3.15. The van der Waals surface area contributed by atoms with Crippen LogP contribution in [0.1, 0.15) is 59.3 Å². The first-order chi connectivity index (χ1) is 9.21. The molecule has 1 saturated heterocycles. The Kier molecular flexibility index (Phi) is 8.11. The van der Waals surface area contributed by atoms with E-state index in [-0.39, 0.29) is 0 Å². The number of hydrogen-bond acceptors (Lipinski definition) is 2. The van der Waals surface area contributed by atoms with E-state index in [0.29, 0.717) is 12.3 Å². The highest BCUT2D eigenvalue weighted by atomic mass is 16.2.